The first-order valence-corrected chi connectivity index (χ1v) is 7.69. The van der Waals surface area contributed by atoms with Crippen LogP contribution >= 0.6 is 27.3 Å². The van der Waals surface area contributed by atoms with E-state index in [1.54, 1.807) is 11.3 Å². The molecule has 1 atom stereocenters. The van der Waals surface area contributed by atoms with Crippen molar-refractivity contribution < 1.29 is 0 Å². The highest BCUT2D eigenvalue weighted by Crippen LogP contribution is 2.22. The molecular weight excluding hydrogens is 312 g/mol. The van der Waals surface area contributed by atoms with Gasteiger partial charge in [0.05, 0.1) is 3.79 Å². The highest BCUT2D eigenvalue weighted by molar-refractivity contribution is 9.11. The van der Waals surface area contributed by atoms with Gasteiger partial charge in [-0.25, -0.2) is 0 Å². The van der Waals surface area contributed by atoms with E-state index in [1.165, 1.54) is 8.66 Å². The van der Waals surface area contributed by atoms with Gasteiger partial charge < -0.3 is 9.88 Å². The topological polar surface area (TPSA) is 42.7 Å². The standard InChI is InChI=1S/C12H15BrN4S/c1-8-15-16-12-5-2-9(7-17(8)12)14-6-10-3-4-11(13)18-10/h3-4,9,14H,2,5-7H2,1H3. The van der Waals surface area contributed by atoms with Crippen LogP contribution in [0, 0.1) is 6.92 Å². The van der Waals surface area contributed by atoms with Crippen LogP contribution in [0.1, 0.15) is 22.9 Å². The molecule has 0 bridgehead atoms. The van der Waals surface area contributed by atoms with Crippen LogP contribution in [-0.4, -0.2) is 20.8 Å². The zero-order valence-corrected chi connectivity index (χ0v) is 12.6. The summed E-state index contributed by atoms with van der Waals surface area (Å²) in [4.78, 5) is 1.37. The molecule has 0 spiro atoms. The molecule has 6 heteroatoms. The van der Waals surface area contributed by atoms with Crippen LogP contribution in [0.3, 0.4) is 0 Å². The molecule has 0 amide bonds. The summed E-state index contributed by atoms with van der Waals surface area (Å²) in [5.41, 5.74) is 0. The van der Waals surface area contributed by atoms with E-state index in [2.05, 4.69) is 48.1 Å². The van der Waals surface area contributed by atoms with Gasteiger partial charge in [0.15, 0.2) is 0 Å². The van der Waals surface area contributed by atoms with Gasteiger partial charge in [-0.3, -0.25) is 0 Å². The number of hydrogen-bond donors (Lipinski definition) is 1. The molecule has 0 aliphatic carbocycles. The van der Waals surface area contributed by atoms with Crippen molar-refractivity contribution in [3.63, 3.8) is 0 Å². The van der Waals surface area contributed by atoms with Gasteiger partial charge in [0, 0.05) is 30.4 Å². The average Bonchev–Trinajstić information content (AvgIpc) is 2.94. The summed E-state index contributed by atoms with van der Waals surface area (Å²) in [6.45, 7) is 3.95. The second kappa shape index (κ2) is 5.11. The Morgan fingerprint density at radius 1 is 1.50 bits per heavy atom. The molecule has 0 fully saturated rings. The SMILES string of the molecule is Cc1nnc2n1CC(NCc1ccc(Br)s1)CC2. The van der Waals surface area contributed by atoms with Gasteiger partial charge in [-0.05, 0) is 41.4 Å². The summed E-state index contributed by atoms with van der Waals surface area (Å²) in [6, 6.07) is 4.79. The molecule has 1 aliphatic heterocycles. The third kappa shape index (κ3) is 2.50. The average molecular weight is 327 g/mol. The first kappa shape index (κ1) is 12.3. The maximum Gasteiger partial charge on any atom is 0.133 e. The Bertz CT molecular complexity index is 548. The molecule has 2 aromatic heterocycles. The number of nitrogens with one attached hydrogen (secondary N) is 1. The third-order valence-corrected chi connectivity index (χ3v) is 4.95. The first-order chi connectivity index (χ1) is 8.72. The molecule has 3 heterocycles. The maximum absolute atomic E-state index is 4.19. The predicted molar refractivity (Wildman–Crippen MR) is 75.7 cm³/mol. The molecular formula is C12H15BrN4S. The van der Waals surface area contributed by atoms with Gasteiger partial charge >= 0.3 is 0 Å². The van der Waals surface area contributed by atoms with Gasteiger partial charge in [0.2, 0.25) is 0 Å². The first-order valence-electron chi connectivity index (χ1n) is 6.08. The van der Waals surface area contributed by atoms with Crippen molar-refractivity contribution in [1.82, 2.24) is 20.1 Å². The van der Waals surface area contributed by atoms with Crippen molar-refractivity contribution in [1.29, 1.82) is 0 Å². The van der Waals surface area contributed by atoms with Crippen molar-refractivity contribution in [2.45, 2.75) is 38.9 Å². The number of aromatic nitrogens is 3. The molecule has 96 valence electrons. The highest BCUT2D eigenvalue weighted by Gasteiger charge is 2.20. The fourth-order valence-electron chi connectivity index (χ4n) is 2.32. The number of fused-ring (bicyclic) bond motifs is 1. The number of aryl methyl sites for hydroxylation is 2. The lowest BCUT2D eigenvalue weighted by Gasteiger charge is -2.24. The minimum atomic E-state index is 0.521. The monoisotopic (exact) mass is 326 g/mol. The number of hydrogen-bond acceptors (Lipinski definition) is 4. The summed E-state index contributed by atoms with van der Waals surface area (Å²) in [5.74, 6) is 2.15. The van der Waals surface area contributed by atoms with Crippen molar-refractivity contribution in [3.8, 4) is 0 Å². The number of thiophene rings is 1. The van der Waals surface area contributed by atoms with Crippen molar-refractivity contribution >= 4 is 27.3 Å². The normalized spacial score (nSPS) is 18.9. The minimum absolute atomic E-state index is 0.521. The molecule has 4 nitrogen and oxygen atoms in total. The molecule has 1 aliphatic rings. The summed E-state index contributed by atoms with van der Waals surface area (Å²) < 4.78 is 3.42. The molecule has 3 rings (SSSR count). The molecule has 0 radical (unpaired) electrons. The second-order valence-electron chi connectivity index (χ2n) is 4.60. The Morgan fingerprint density at radius 2 is 2.39 bits per heavy atom. The van der Waals surface area contributed by atoms with Gasteiger partial charge in [0.25, 0.3) is 0 Å². The lowest BCUT2D eigenvalue weighted by atomic mass is 10.1. The van der Waals surface area contributed by atoms with Crippen LogP contribution in [0.2, 0.25) is 0 Å². The summed E-state index contributed by atoms with van der Waals surface area (Å²) in [7, 11) is 0. The predicted octanol–water partition coefficient (Wildman–Crippen LogP) is 2.52. The van der Waals surface area contributed by atoms with E-state index < -0.39 is 0 Å². The fraction of sp³-hybridized carbons (Fsp3) is 0.500. The minimum Gasteiger partial charge on any atom is -0.314 e. The van der Waals surface area contributed by atoms with Gasteiger partial charge in [0.1, 0.15) is 11.6 Å². The Hall–Kier alpha value is -0.720. The third-order valence-electron chi connectivity index (χ3n) is 3.33. The molecule has 0 saturated carbocycles. The Kier molecular flexibility index (Phi) is 3.50. The Morgan fingerprint density at radius 3 is 3.17 bits per heavy atom. The zero-order chi connectivity index (χ0) is 12.5. The van der Waals surface area contributed by atoms with Gasteiger partial charge in [-0.2, -0.15) is 0 Å². The smallest absolute Gasteiger partial charge is 0.133 e. The fourth-order valence-corrected chi connectivity index (χ4v) is 3.75. The highest BCUT2D eigenvalue weighted by atomic mass is 79.9. The molecule has 18 heavy (non-hydrogen) atoms. The summed E-state index contributed by atoms with van der Waals surface area (Å²) in [5, 5.41) is 12.0. The van der Waals surface area contributed by atoms with Crippen LogP contribution in [0.5, 0.6) is 0 Å². The second-order valence-corrected chi connectivity index (χ2v) is 7.14. The van der Waals surface area contributed by atoms with E-state index in [0.29, 0.717) is 6.04 Å². The van der Waals surface area contributed by atoms with E-state index in [1.807, 2.05) is 6.92 Å². The van der Waals surface area contributed by atoms with E-state index in [9.17, 15) is 0 Å². The molecule has 1 unspecified atom stereocenters. The number of halogens is 1. The molecule has 0 aromatic carbocycles. The van der Waals surface area contributed by atoms with E-state index in [4.69, 9.17) is 0 Å². The molecule has 1 N–H and O–H groups in total. The van der Waals surface area contributed by atoms with Gasteiger partial charge in [-0.15, -0.1) is 21.5 Å². The van der Waals surface area contributed by atoms with Gasteiger partial charge in [-0.1, -0.05) is 0 Å². The maximum atomic E-state index is 4.19. The quantitative estimate of drug-likeness (QED) is 0.942. The largest absolute Gasteiger partial charge is 0.314 e. The Labute approximate surface area is 119 Å². The molecule has 2 aromatic rings. The van der Waals surface area contributed by atoms with E-state index >= 15 is 0 Å². The Balaban J connectivity index is 1.61. The van der Waals surface area contributed by atoms with Crippen LogP contribution in [0.4, 0.5) is 0 Å². The summed E-state index contributed by atoms with van der Waals surface area (Å²) in [6.07, 6.45) is 2.16. The van der Waals surface area contributed by atoms with Crippen LogP contribution in [0.25, 0.3) is 0 Å². The molecule has 0 saturated heterocycles. The zero-order valence-electron chi connectivity index (χ0n) is 10.2. The summed E-state index contributed by atoms with van der Waals surface area (Å²) >= 11 is 5.28. The van der Waals surface area contributed by atoms with Crippen molar-refractivity contribution in [2.75, 3.05) is 0 Å². The van der Waals surface area contributed by atoms with Crippen molar-refractivity contribution in [3.05, 3.63) is 32.4 Å². The van der Waals surface area contributed by atoms with Crippen LogP contribution in [-0.2, 0) is 19.5 Å². The lowest BCUT2D eigenvalue weighted by Crippen LogP contribution is -2.37. The van der Waals surface area contributed by atoms with Crippen molar-refractivity contribution in [2.24, 2.45) is 0 Å². The van der Waals surface area contributed by atoms with E-state index in [-0.39, 0.29) is 0 Å². The van der Waals surface area contributed by atoms with E-state index in [0.717, 1.165) is 37.6 Å². The number of rotatable bonds is 3. The van der Waals surface area contributed by atoms with Crippen LogP contribution < -0.4 is 5.32 Å². The lowest BCUT2D eigenvalue weighted by molar-refractivity contribution is 0.376. The number of nitrogens with zero attached hydrogens (tertiary/aromatic N) is 3. The van der Waals surface area contributed by atoms with Crippen LogP contribution in [0.15, 0.2) is 15.9 Å².